The van der Waals surface area contributed by atoms with Gasteiger partial charge in [0.15, 0.2) is 6.61 Å². The average Bonchev–Trinajstić information content (AvgIpc) is 2.94. The summed E-state index contributed by atoms with van der Waals surface area (Å²) in [6.07, 6.45) is 3.35. The van der Waals surface area contributed by atoms with Gasteiger partial charge in [0.1, 0.15) is 5.75 Å². The van der Waals surface area contributed by atoms with E-state index in [1.54, 1.807) is 17.1 Å². The number of hydrogen-bond donors (Lipinski definition) is 1. The van der Waals surface area contributed by atoms with E-state index in [0.29, 0.717) is 13.1 Å². The molecule has 106 valence electrons. The number of carbonyl (C=O) groups excluding carboxylic acids is 1. The van der Waals surface area contributed by atoms with Crippen LogP contribution in [0, 0.1) is 13.8 Å². The number of carbonyl (C=O) groups is 1. The highest BCUT2D eigenvalue weighted by Crippen LogP contribution is 2.20. The average molecular weight is 274 g/mol. The molecular formula is C14H18N4O2. The molecule has 6 heteroatoms. The quantitative estimate of drug-likeness (QED) is 0.856. The number of ether oxygens (including phenoxy) is 1. The molecule has 1 aromatic heterocycles. The second kappa shape index (κ2) is 6.70. The van der Waals surface area contributed by atoms with E-state index < -0.39 is 0 Å². The summed E-state index contributed by atoms with van der Waals surface area (Å²) in [6, 6.07) is 5.80. The van der Waals surface area contributed by atoms with Crippen molar-refractivity contribution in [3.8, 4) is 5.75 Å². The summed E-state index contributed by atoms with van der Waals surface area (Å²) in [6.45, 7) is 5.10. The molecule has 0 fully saturated rings. The number of rotatable bonds is 6. The molecule has 0 spiro atoms. The van der Waals surface area contributed by atoms with E-state index in [1.807, 2.05) is 32.0 Å². The SMILES string of the molecule is Cc1cccc(OCC(=O)NCCn2ccnn2)c1C. The molecule has 0 saturated carbocycles. The molecule has 0 unspecified atom stereocenters. The molecule has 2 aromatic rings. The maximum absolute atomic E-state index is 11.7. The van der Waals surface area contributed by atoms with Crippen LogP contribution in [0.5, 0.6) is 5.75 Å². The van der Waals surface area contributed by atoms with E-state index in [9.17, 15) is 4.79 Å². The van der Waals surface area contributed by atoms with Crippen molar-refractivity contribution in [2.45, 2.75) is 20.4 Å². The van der Waals surface area contributed by atoms with Crippen LogP contribution in [-0.4, -0.2) is 34.1 Å². The standard InChI is InChI=1S/C14H18N4O2/c1-11-4-3-5-13(12(11)2)20-10-14(19)15-6-8-18-9-7-16-17-18/h3-5,7,9H,6,8,10H2,1-2H3,(H,15,19). The maximum atomic E-state index is 11.7. The zero-order chi connectivity index (χ0) is 14.4. The van der Waals surface area contributed by atoms with Crippen LogP contribution in [0.3, 0.4) is 0 Å². The van der Waals surface area contributed by atoms with Gasteiger partial charge in [-0.3, -0.25) is 9.48 Å². The summed E-state index contributed by atoms with van der Waals surface area (Å²) in [7, 11) is 0. The van der Waals surface area contributed by atoms with Crippen LogP contribution in [0.1, 0.15) is 11.1 Å². The summed E-state index contributed by atoms with van der Waals surface area (Å²) >= 11 is 0. The van der Waals surface area contributed by atoms with Crippen LogP contribution >= 0.6 is 0 Å². The molecule has 20 heavy (non-hydrogen) atoms. The molecule has 0 atom stereocenters. The van der Waals surface area contributed by atoms with Crippen LogP contribution in [0.4, 0.5) is 0 Å². The maximum Gasteiger partial charge on any atom is 0.258 e. The third-order valence-corrected chi connectivity index (χ3v) is 3.05. The van der Waals surface area contributed by atoms with Gasteiger partial charge in [-0.15, -0.1) is 5.10 Å². The Kier molecular flexibility index (Phi) is 4.70. The van der Waals surface area contributed by atoms with Gasteiger partial charge < -0.3 is 10.1 Å². The van der Waals surface area contributed by atoms with E-state index in [4.69, 9.17) is 4.74 Å². The fourth-order valence-electron chi connectivity index (χ4n) is 1.74. The van der Waals surface area contributed by atoms with Crippen LogP contribution in [0.2, 0.25) is 0 Å². The molecule has 1 amide bonds. The van der Waals surface area contributed by atoms with Gasteiger partial charge in [-0.25, -0.2) is 0 Å². The lowest BCUT2D eigenvalue weighted by molar-refractivity contribution is -0.123. The molecule has 2 rings (SSSR count). The predicted molar refractivity (Wildman–Crippen MR) is 74.4 cm³/mol. The first kappa shape index (κ1) is 14.0. The topological polar surface area (TPSA) is 69.0 Å². The minimum absolute atomic E-state index is 0.0155. The molecule has 0 aliphatic carbocycles. The Morgan fingerprint density at radius 3 is 3.00 bits per heavy atom. The van der Waals surface area contributed by atoms with Gasteiger partial charge in [0.2, 0.25) is 0 Å². The molecule has 6 nitrogen and oxygen atoms in total. The normalized spacial score (nSPS) is 10.3. The number of aromatic nitrogens is 3. The summed E-state index contributed by atoms with van der Waals surface area (Å²) in [5.41, 5.74) is 2.21. The lowest BCUT2D eigenvalue weighted by atomic mass is 10.1. The third kappa shape index (κ3) is 3.81. The number of amides is 1. The van der Waals surface area contributed by atoms with Crippen LogP contribution in [0.25, 0.3) is 0 Å². The van der Waals surface area contributed by atoms with Gasteiger partial charge in [-0.05, 0) is 31.0 Å². The summed E-state index contributed by atoms with van der Waals surface area (Å²) in [4.78, 5) is 11.7. The van der Waals surface area contributed by atoms with Crippen molar-refractivity contribution in [2.24, 2.45) is 0 Å². The second-order valence-electron chi connectivity index (χ2n) is 4.50. The zero-order valence-electron chi connectivity index (χ0n) is 11.7. The molecule has 1 heterocycles. The molecule has 0 radical (unpaired) electrons. The first-order chi connectivity index (χ1) is 9.66. The molecule has 0 aliphatic rings. The fraction of sp³-hybridized carbons (Fsp3) is 0.357. The van der Waals surface area contributed by atoms with Gasteiger partial charge in [0, 0.05) is 12.7 Å². The number of nitrogens with zero attached hydrogens (tertiary/aromatic N) is 3. The minimum atomic E-state index is -0.147. The summed E-state index contributed by atoms with van der Waals surface area (Å²) in [5.74, 6) is 0.599. The first-order valence-corrected chi connectivity index (χ1v) is 6.46. The Bertz CT molecular complexity index is 567. The van der Waals surface area contributed by atoms with E-state index >= 15 is 0 Å². The Morgan fingerprint density at radius 1 is 1.40 bits per heavy atom. The second-order valence-corrected chi connectivity index (χ2v) is 4.50. The monoisotopic (exact) mass is 274 g/mol. The fourth-order valence-corrected chi connectivity index (χ4v) is 1.74. The van der Waals surface area contributed by atoms with E-state index in [-0.39, 0.29) is 12.5 Å². The highest BCUT2D eigenvalue weighted by Gasteiger charge is 2.05. The number of aryl methyl sites for hydroxylation is 1. The van der Waals surface area contributed by atoms with E-state index in [2.05, 4.69) is 15.6 Å². The first-order valence-electron chi connectivity index (χ1n) is 6.46. The highest BCUT2D eigenvalue weighted by atomic mass is 16.5. The summed E-state index contributed by atoms with van der Waals surface area (Å²) < 4.78 is 7.18. The predicted octanol–water partition coefficient (Wildman–Crippen LogP) is 1.09. The molecule has 1 aromatic carbocycles. The third-order valence-electron chi connectivity index (χ3n) is 3.05. The zero-order valence-corrected chi connectivity index (χ0v) is 11.7. The van der Waals surface area contributed by atoms with E-state index in [0.717, 1.165) is 16.9 Å². The largest absolute Gasteiger partial charge is 0.483 e. The number of nitrogens with one attached hydrogen (secondary N) is 1. The van der Waals surface area contributed by atoms with Gasteiger partial charge in [-0.2, -0.15) is 0 Å². The van der Waals surface area contributed by atoms with Gasteiger partial charge in [-0.1, -0.05) is 17.3 Å². The van der Waals surface area contributed by atoms with Crippen molar-refractivity contribution in [1.82, 2.24) is 20.3 Å². The molecule has 0 saturated heterocycles. The molecule has 1 N–H and O–H groups in total. The molecule has 0 bridgehead atoms. The number of hydrogen-bond acceptors (Lipinski definition) is 4. The van der Waals surface area contributed by atoms with Gasteiger partial charge in [0.25, 0.3) is 5.91 Å². The Balaban J connectivity index is 1.73. The molecular weight excluding hydrogens is 256 g/mol. The Labute approximate surface area is 117 Å². The van der Waals surface area contributed by atoms with Crippen molar-refractivity contribution >= 4 is 5.91 Å². The van der Waals surface area contributed by atoms with Crippen LogP contribution in [0.15, 0.2) is 30.6 Å². The van der Waals surface area contributed by atoms with Crippen molar-refractivity contribution in [3.63, 3.8) is 0 Å². The van der Waals surface area contributed by atoms with Crippen molar-refractivity contribution < 1.29 is 9.53 Å². The Hall–Kier alpha value is -2.37. The van der Waals surface area contributed by atoms with Gasteiger partial charge in [0.05, 0.1) is 12.7 Å². The van der Waals surface area contributed by atoms with E-state index in [1.165, 1.54) is 0 Å². The smallest absolute Gasteiger partial charge is 0.258 e. The van der Waals surface area contributed by atoms with Crippen molar-refractivity contribution in [2.75, 3.05) is 13.2 Å². The molecule has 0 aliphatic heterocycles. The van der Waals surface area contributed by atoms with Crippen molar-refractivity contribution in [3.05, 3.63) is 41.7 Å². The lowest BCUT2D eigenvalue weighted by Gasteiger charge is -2.11. The van der Waals surface area contributed by atoms with Gasteiger partial charge >= 0.3 is 0 Å². The lowest BCUT2D eigenvalue weighted by Crippen LogP contribution is -2.31. The highest BCUT2D eigenvalue weighted by molar-refractivity contribution is 5.77. The number of benzene rings is 1. The van der Waals surface area contributed by atoms with Crippen molar-refractivity contribution in [1.29, 1.82) is 0 Å². The van der Waals surface area contributed by atoms with Crippen LogP contribution < -0.4 is 10.1 Å². The van der Waals surface area contributed by atoms with Crippen LogP contribution in [-0.2, 0) is 11.3 Å². The minimum Gasteiger partial charge on any atom is -0.483 e. The Morgan fingerprint density at radius 2 is 2.25 bits per heavy atom. The summed E-state index contributed by atoms with van der Waals surface area (Å²) in [5, 5.41) is 10.3.